The summed E-state index contributed by atoms with van der Waals surface area (Å²) in [5, 5.41) is 4.38. The number of nitrogens with one attached hydrogen (secondary N) is 2. The Labute approximate surface area is 297 Å². The second-order valence-electron chi connectivity index (χ2n) is 11.2. The number of carbonyl (C=O) groups excluding carboxylic acids is 2. The zero-order valence-electron chi connectivity index (χ0n) is 26.6. The van der Waals surface area contributed by atoms with Crippen LogP contribution in [0.15, 0.2) is 88.6 Å². The number of nitrogens with two attached hydrogens (primary N) is 1. The number of hydrogen-bond acceptors (Lipinski definition) is 10. The molecule has 50 heavy (non-hydrogen) atoms. The van der Waals surface area contributed by atoms with Gasteiger partial charge in [-0.1, -0.05) is 60.4 Å². The van der Waals surface area contributed by atoms with Gasteiger partial charge in [-0.15, -0.1) is 0 Å². The summed E-state index contributed by atoms with van der Waals surface area (Å²) < 4.78 is 44.1. The number of carbonyl (C=O) groups is 2. The minimum absolute atomic E-state index is 0.112. The highest BCUT2D eigenvalue weighted by molar-refractivity contribution is 8.22. The maximum Gasteiger partial charge on any atom is 0.414 e. The lowest BCUT2D eigenvalue weighted by molar-refractivity contribution is -0.119. The topological polar surface area (TPSA) is 219 Å². The molecule has 1 heterocycles. The van der Waals surface area contributed by atoms with E-state index >= 15 is 4.39 Å². The third-order valence-electron chi connectivity index (χ3n) is 7.55. The van der Waals surface area contributed by atoms with E-state index in [2.05, 4.69) is 10.4 Å². The SMILES string of the molecule is CC(=O)NC[C@H]1CN(c2ccc(-c3ccc(CN(C/C(=C/N)N=N)C(=S)Sc4ccc(CC([PH](=O)O)P(=O)(O)O)cc4)cc3)c(F)c2)C(=O)O1. The quantitative estimate of drug-likeness (QED) is 0.0542. The first-order chi connectivity index (χ1) is 23.7. The number of nitrogens with zero attached hydrogens (tertiary/aromatic N) is 3. The van der Waals surface area contributed by atoms with Gasteiger partial charge in [0.25, 0.3) is 0 Å². The number of hydrogen-bond donors (Lipinski definition) is 6. The fourth-order valence-corrected chi connectivity index (χ4v) is 8.11. The summed E-state index contributed by atoms with van der Waals surface area (Å²) >= 11 is 6.93. The number of halogens is 1. The van der Waals surface area contributed by atoms with E-state index in [4.69, 9.17) is 28.2 Å². The summed E-state index contributed by atoms with van der Waals surface area (Å²) in [7, 11) is -8.25. The largest absolute Gasteiger partial charge is 0.442 e. The second kappa shape index (κ2) is 17.3. The van der Waals surface area contributed by atoms with Gasteiger partial charge in [-0.25, -0.2) is 14.7 Å². The van der Waals surface area contributed by atoms with Crippen molar-refractivity contribution in [3.05, 3.63) is 95.6 Å². The van der Waals surface area contributed by atoms with Crippen molar-refractivity contribution < 1.29 is 42.5 Å². The third kappa shape index (κ3) is 10.5. The van der Waals surface area contributed by atoms with Crippen molar-refractivity contribution in [2.45, 2.75) is 36.3 Å². The van der Waals surface area contributed by atoms with Crippen LogP contribution in [-0.4, -0.2) is 67.0 Å². The van der Waals surface area contributed by atoms with Crippen molar-refractivity contribution >= 4 is 61.6 Å². The fourth-order valence-electron chi connectivity index (χ4n) is 4.95. The highest BCUT2D eigenvalue weighted by Gasteiger charge is 2.34. The molecule has 1 aliphatic rings. The van der Waals surface area contributed by atoms with Crippen LogP contribution in [0.3, 0.4) is 0 Å². The zero-order chi connectivity index (χ0) is 36.6. The Bertz CT molecular complexity index is 1850. The lowest BCUT2D eigenvalue weighted by atomic mass is 10.0. The normalized spacial score (nSPS) is 16.0. The Morgan fingerprint density at radius 1 is 1.24 bits per heavy atom. The molecular weight excluding hydrogens is 729 g/mol. The van der Waals surface area contributed by atoms with Gasteiger partial charge in [-0.05, 0) is 53.4 Å². The van der Waals surface area contributed by atoms with E-state index < -0.39 is 39.0 Å². The molecule has 2 unspecified atom stereocenters. The number of ether oxygens (including phenoxy) is 1. The van der Waals surface area contributed by atoms with Gasteiger partial charge in [-0.3, -0.25) is 18.8 Å². The summed E-state index contributed by atoms with van der Waals surface area (Å²) in [6.45, 7) is 2.07. The molecular formula is C31H35FN6O8P2S2. The Kier molecular flexibility index (Phi) is 13.5. The van der Waals surface area contributed by atoms with E-state index in [1.54, 1.807) is 65.6 Å². The van der Waals surface area contributed by atoms with E-state index in [-0.39, 0.29) is 44.2 Å². The lowest BCUT2D eigenvalue weighted by Gasteiger charge is -2.25. The minimum atomic E-state index is -4.77. The number of amides is 2. The number of benzene rings is 3. The molecule has 0 aromatic heterocycles. The molecule has 19 heteroatoms. The summed E-state index contributed by atoms with van der Waals surface area (Å²) in [6.07, 6.45) is -0.252. The predicted octanol–water partition coefficient (Wildman–Crippen LogP) is 5.18. The Balaban J connectivity index is 1.45. The second-order valence-corrected chi connectivity index (χ2v) is 16.6. The van der Waals surface area contributed by atoms with Gasteiger partial charge >= 0.3 is 13.7 Å². The Morgan fingerprint density at radius 3 is 2.46 bits per heavy atom. The van der Waals surface area contributed by atoms with Crippen LogP contribution >= 0.6 is 39.6 Å². The van der Waals surface area contributed by atoms with Gasteiger partial charge in [-0.2, -0.15) is 5.11 Å². The van der Waals surface area contributed by atoms with Crippen molar-refractivity contribution in [3.8, 4) is 11.1 Å². The summed E-state index contributed by atoms with van der Waals surface area (Å²) in [5.74, 6) is -0.795. The minimum Gasteiger partial charge on any atom is -0.442 e. The maximum atomic E-state index is 15.3. The first-order valence-electron chi connectivity index (χ1n) is 14.9. The zero-order valence-corrected chi connectivity index (χ0v) is 30.1. The van der Waals surface area contributed by atoms with E-state index in [9.17, 15) is 33.4 Å². The maximum absolute atomic E-state index is 15.3. The molecule has 0 radical (unpaired) electrons. The molecule has 2 amide bonds. The molecule has 4 rings (SSSR count). The molecule has 1 fully saturated rings. The van der Waals surface area contributed by atoms with Gasteiger partial charge in [0, 0.05) is 30.1 Å². The lowest BCUT2D eigenvalue weighted by Crippen LogP contribution is -2.33. The smallest absolute Gasteiger partial charge is 0.414 e. The van der Waals surface area contributed by atoms with Gasteiger partial charge in [0.05, 0.1) is 31.0 Å². The Hall–Kier alpha value is -3.95. The number of thiocarbonyl (C=S) groups is 1. The van der Waals surface area contributed by atoms with E-state index in [1.165, 1.54) is 35.9 Å². The first kappa shape index (κ1) is 38.8. The third-order valence-corrected chi connectivity index (χ3v) is 12.4. The van der Waals surface area contributed by atoms with Crippen molar-refractivity contribution in [3.63, 3.8) is 0 Å². The summed E-state index contributed by atoms with van der Waals surface area (Å²) in [6, 6.07) is 18.1. The molecule has 3 atom stereocenters. The fraction of sp³-hybridized carbons (Fsp3) is 0.258. The first-order valence-corrected chi connectivity index (χ1v) is 19.3. The summed E-state index contributed by atoms with van der Waals surface area (Å²) in [4.78, 5) is 55.6. The molecule has 1 saturated heterocycles. The van der Waals surface area contributed by atoms with Gasteiger partial charge in [0.1, 0.15) is 21.6 Å². The monoisotopic (exact) mass is 764 g/mol. The van der Waals surface area contributed by atoms with Crippen LogP contribution in [0, 0.1) is 11.3 Å². The van der Waals surface area contributed by atoms with Crippen molar-refractivity contribution in [1.82, 2.24) is 10.2 Å². The average molecular weight is 765 g/mol. The molecule has 0 saturated carbocycles. The van der Waals surface area contributed by atoms with Crippen LogP contribution in [0.25, 0.3) is 11.1 Å². The van der Waals surface area contributed by atoms with Gasteiger partial charge in [0.15, 0.2) is 0 Å². The van der Waals surface area contributed by atoms with Crippen LogP contribution < -0.4 is 16.0 Å². The van der Waals surface area contributed by atoms with E-state index in [0.29, 0.717) is 31.6 Å². The molecule has 0 bridgehead atoms. The van der Waals surface area contributed by atoms with Crippen molar-refractivity contribution in [1.29, 1.82) is 5.53 Å². The molecule has 0 spiro atoms. The number of rotatable bonds is 14. The standard InChI is InChI=1S/C31H35FN6O8P2S2/c1-19(39)35-15-25-18-38(30(40)46-25)24-8-11-27(28(32)13-24)22-6-2-21(3-7-22)16-37(17-23(14-33)36-34)31(49)50-26-9-4-20(5-10-26)12-29(47(41)42)48(43,44)45/h2-11,13-14,25,29,34,47H,12,15-18,33H2,1H3,(H,35,39)(H,41,42)(H2,43,44,45)/b23-14-,36-34?/t25-,29?/m0/s1. The molecule has 3 aromatic rings. The van der Waals surface area contributed by atoms with Crippen LogP contribution in [0.2, 0.25) is 0 Å². The van der Waals surface area contributed by atoms with Crippen molar-refractivity contribution in [2.24, 2.45) is 10.8 Å². The summed E-state index contributed by atoms with van der Waals surface area (Å²) in [5.41, 5.74) is 15.8. The molecule has 7 N–H and O–H groups in total. The van der Waals surface area contributed by atoms with Gasteiger partial charge in [0.2, 0.25) is 13.9 Å². The molecule has 0 aliphatic carbocycles. The highest BCUT2D eigenvalue weighted by atomic mass is 32.2. The molecule has 266 valence electrons. The van der Waals surface area contributed by atoms with Crippen LogP contribution in [0.4, 0.5) is 14.9 Å². The molecule has 3 aromatic carbocycles. The number of anilines is 1. The van der Waals surface area contributed by atoms with Crippen LogP contribution in [0.1, 0.15) is 18.1 Å². The van der Waals surface area contributed by atoms with Gasteiger partial charge < -0.3 is 35.4 Å². The molecule has 1 aliphatic heterocycles. The molecule has 14 nitrogen and oxygen atoms in total. The number of thioether (sulfide) groups is 1. The average Bonchev–Trinajstić information content (AvgIpc) is 3.45. The van der Waals surface area contributed by atoms with E-state index in [1.807, 2.05) is 0 Å². The number of cyclic esters (lactones) is 1. The van der Waals surface area contributed by atoms with Crippen molar-refractivity contribution in [2.75, 3.05) is 24.5 Å². The Morgan fingerprint density at radius 2 is 1.90 bits per heavy atom. The van der Waals surface area contributed by atoms with Crippen LogP contribution in [-0.2, 0) is 31.6 Å². The highest BCUT2D eigenvalue weighted by Crippen LogP contribution is 2.53. The van der Waals surface area contributed by atoms with Crippen LogP contribution in [0.5, 0.6) is 0 Å². The predicted molar refractivity (Wildman–Crippen MR) is 192 cm³/mol. The van der Waals surface area contributed by atoms with E-state index in [0.717, 1.165) is 5.56 Å².